The van der Waals surface area contributed by atoms with Crippen molar-refractivity contribution in [3.63, 3.8) is 0 Å². The Kier molecular flexibility index (Phi) is 3.85. The molecule has 2 rings (SSSR count). The van der Waals surface area contributed by atoms with Crippen molar-refractivity contribution in [2.24, 2.45) is 0 Å². The summed E-state index contributed by atoms with van der Waals surface area (Å²) in [4.78, 5) is 2.25. The number of nitrogens with two attached hydrogens (primary N) is 1. The molecule has 1 aliphatic rings. The van der Waals surface area contributed by atoms with E-state index < -0.39 is 10.0 Å². The molecule has 1 atom stereocenters. The molecule has 18 heavy (non-hydrogen) atoms. The molecule has 102 valence electrons. The molecule has 1 aliphatic heterocycles. The maximum atomic E-state index is 12.3. The summed E-state index contributed by atoms with van der Waals surface area (Å²) in [6.07, 6.45) is 0. The number of likely N-dealkylation sites (N-methyl/N-ethyl adjacent to an activating group) is 1. The first-order valence-electron chi connectivity index (χ1n) is 5.78. The largest absolute Gasteiger partial charge is 0.374 e. The molecule has 0 radical (unpaired) electrons. The van der Waals surface area contributed by atoms with Crippen LogP contribution in [0.3, 0.4) is 0 Å². The van der Waals surface area contributed by atoms with Gasteiger partial charge in [0, 0.05) is 25.7 Å². The van der Waals surface area contributed by atoms with Gasteiger partial charge in [-0.25, -0.2) is 8.42 Å². The maximum absolute atomic E-state index is 12.3. The van der Waals surface area contributed by atoms with E-state index in [0.29, 0.717) is 13.1 Å². The minimum absolute atomic E-state index is 0.0165. The van der Waals surface area contributed by atoms with Gasteiger partial charge in [-0.15, -0.1) is 10.2 Å². The van der Waals surface area contributed by atoms with Gasteiger partial charge in [0.2, 0.25) is 9.47 Å². The van der Waals surface area contributed by atoms with Crippen molar-refractivity contribution in [1.29, 1.82) is 0 Å². The lowest BCUT2D eigenvalue weighted by atomic mass is 10.2. The number of aromatic nitrogens is 2. The fourth-order valence-electron chi connectivity index (χ4n) is 2.08. The number of nitrogen functional groups attached to an aromatic ring is 1. The van der Waals surface area contributed by atoms with Crippen LogP contribution in [0.1, 0.15) is 13.8 Å². The molecule has 0 bridgehead atoms. The quantitative estimate of drug-likeness (QED) is 0.831. The van der Waals surface area contributed by atoms with Crippen LogP contribution in [0.2, 0.25) is 0 Å². The molecular formula is C9H17N5O2S2. The molecule has 0 aliphatic carbocycles. The van der Waals surface area contributed by atoms with E-state index in [2.05, 4.69) is 22.0 Å². The zero-order chi connectivity index (χ0) is 13.3. The first kappa shape index (κ1) is 13.7. The Morgan fingerprint density at radius 3 is 2.67 bits per heavy atom. The fourth-order valence-corrected chi connectivity index (χ4v) is 4.52. The molecule has 1 unspecified atom stereocenters. The fraction of sp³-hybridized carbons (Fsp3) is 0.778. The Bertz CT molecular complexity index is 515. The summed E-state index contributed by atoms with van der Waals surface area (Å²) < 4.78 is 26.0. The van der Waals surface area contributed by atoms with Crippen LogP contribution < -0.4 is 5.73 Å². The first-order chi connectivity index (χ1) is 8.45. The van der Waals surface area contributed by atoms with E-state index in [1.807, 2.05) is 6.92 Å². The van der Waals surface area contributed by atoms with Crippen LogP contribution in [0, 0.1) is 0 Å². The Morgan fingerprint density at radius 1 is 1.44 bits per heavy atom. The van der Waals surface area contributed by atoms with Crippen molar-refractivity contribution in [3.05, 3.63) is 0 Å². The first-order valence-corrected chi connectivity index (χ1v) is 8.04. The van der Waals surface area contributed by atoms with Gasteiger partial charge >= 0.3 is 0 Å². The third-order valence-electron chi connectivity index (χ3n) is 3.12. The molecule has 0 aromatic carbocycles. The predicted molar refractivity (Wildman–Crippen MR) is 69.8 cm³/mol. The summed E-state index contributed by atoms with van der Waals surface area (Å²) >= 11 is 0.908. The van der Waals surface area contributed by atoms with Gasteiger partial charge < -0.3 is 5.73 Å². The van der Waals surface area contributed by atoms with E-state index >= 15 is 0 Å². The van der Waals surface area contributed by atoms with E-state index in [9.17, 15) is 8.42 Å². The smallest absolute Gasteiger partial charge is 0.272 e. The molecule has 1 saturated heterocycles. The van der Waals surface area contributed by atoms with Crippen molar-refractivity contribution >= 4 is 26.5 Å². The van der Waals surface area contributed by atoms with Crippen molar-refractivity contribution < 1.29 is 8.42 Å². The van der Waals surface area contributed by atoms with Gasteiger partial charge in [-0.3, -0.25) is 4.90 Å². The van der Waals surface area contributed by atoms with Crippen molar-refractivity contribution in [2.75, 3.05) is 31.9 Å². The minimum atomic E-state index is -3.53. The molecule has 2 N–H and O–H groups in total. The van der Waals surface area contributed by atoms with Gasteiger partial charge in [-0.05, 0) is 13.5 Å². The van der Waals surface area contributed by atoms with Crippen LogP contribution in [-0.2, 0) is 10.0 Å². The van der Waals surface area contributed by atoms with Crippen LogP contribution in [0.5, 0.6) is 0 Å². The number of hydrogen-bond donors (Lipinski definition) is 1. The number of rotatable bonds is 3. The summed E-state index contributed by atoms with van der Waals surface area (Å²) in [5.74, 6) is 0. The van der Waals surface area contributed by atoms with Crippen molar-refractivity contribution in [1.82, 2.24) is 19.4 Å². The van der Waals surface area contributed by atoms with Gasteiger partial charge in [0.15, 0.2) is 0 Å². The zero-order valence-electron chi connectivity index (χ0n) is 10.4. The monoisotopic (exact) mass is 291 g/mol. The van der Waals surface area contributed by atoms with Gasteiger partial charge in [0.1, 0.15) is 0 Å². The summed E-state index contributed by atoms with van der Waals surface area (Å²) in [5, 5.41) is 7.36. The average molecular weight is 291 g/mol. The number of hydrogen-bond acceptors (Lipinski definition) is 7. The minimum Gasteiger partial charge on any atom is -0.374 e. The number of anilines is 1. The lowest BCUT2D eigenvalue weighted by Crippen LogP contribution is -2.53. The molecule has 1 aromatic heterocycles. The number of piperazine rings is 1. The summed E-state index contributed by atoms with van der Waals surface area (Å²) in [5.41, 5.74) is 5.43. The third kappa shape index (κ3) is 2.48. The van der Waals surface area contributed by atoms with Crippen LogP contribution in [0.4, 0.5) is 5.13 Å². The molecule has 1 aromatic rings. The van der Waals surface area contributed by atoms with E-state index in [1.165, 1.54) is 4.31 Å². The zero-order valence-corrected chi connectivity index (χ0v) is 12.0. The molecule has 1 fully saturated rings. The van der Waals surface area contributed by atoms with Crippen molar-refractivity contribution in [2.45, 2.75) is 24.2 Å². The lowest BCUT2D eigenvalue weighted by Gasteiger charge is -2.37. The SMILES string of the molecule is CCN1CCN(S(=O)(=O)c2nnc(N)s2)CC1C. The highest BCUT2D eigenvalue weighted by Gasteiger charge is 2.33. The molecule has 9 heteroatoms. The predicted octanol–water partition coefficient (Wildman–Crippen LogP) is -0.165. The Labute approximate surface area is 111 Å². The Morgan fingerprint density at radius 2 is 2.17 bits per heavy atom. The van der Waals surface area contributed by atoms with Crippen LogP contribution in [0.15, 0.2) is 4.34 Å². The highest BCUT2D eigenvalue weighted by molar-refractivity contribution is 7.91. The van der Waals surface area contributed by atoms with Gasteiger partial charge in [0.25, 0.3) is 10.0 Å². The van der Waals surface area contributed by atoms with Crippen LogP contribution in [-0.4, -0.2) is 60.0 Å². The molecule has 0 amide bonds. The number of nitrogens with zero attached hydrogens (tertiary/aromatic N) is 4. The van der Waals surface area contributed by atoms with Crippen LogP contribution >= 0.6 is 11.3 Å². The average Bonchev–Trinajstić information content (AvgIpc) is 2.76. The van der Waals surface area contributed by atoms with Gasteiger partial charge in [-0.2, -0.15) is 4.31 Å². The van der Waals surface area contributed by atoms with Crippen LogP contribution in [0.25, 0.3) is 0 Å². The van der Waals surface area contributed by atoms with E-state index in [4.69, 9.17) is 5.73 Å². The highest BCUT2D eigenvalue weighted by Crippen LogP contribution is 2.23. The molecule has 7 nitrogen and oxygen atoms in total. The van der Waals surface area contributed by atoms with E-state index in [-0.39, 0.29) is 15.5 Å². The molecule has 0 spiro atoms. The van der Waals surface area contributed by atoms with E-state index in [1.54, 1.807) is 0 Å². The Hall–Kier alpha value is -0.770. The second kappa shape index (κ2) is 5.08. The van der Waals surface area contributed by atoms with Gasteiger partial charge in [0.05, 0.1) is 0 Å². The molecule has 0 saturated carbocycles. The normalized spacial score (nSPS) is 23.3. The van der Waals surface area contributed by atoms with Gasteiger partial charge in [-0.1, -0.05) is 18.3 Å². The second-order valence-corrected chi connectivity index (χ2v) is 7.37. The number of sulfonamides is 1. The Balaban J connectivity index is 2.17. The summed E-state index contributed by atoms with van der Waals surface area (Å²) in [6.45, 7) is 6.74. The summed E-state index contributed by atoms with van der Waals surface area (Å²) in [7, 11) is -3.53. The topological polar surface area (TPSA) is 92.4 Å². The lowest BCUT2D eigenvalue weighted by molar-refractivity contribution is 0.135. The third-order valence-corrected chi connectivity index (χ3v) is 6.08. The van der Waals surface area contributed by atoms with E-state index in [0.717, 1.165) is 24.4 Å². The van der Waals surface area contributed by atoms with Crippen molar-refractivity contribution in [3.8, 4) is 0 Å². The standard InChI is InChI=1S/C9H17N5O2S2/c1-3-13-4-5-14(6-7(13)2)18(15,16)9-12-11-8(10)17-9/h7H,3-6H2,1-2H3,(H2,10,11). The molecular weight excluding hydrogens is 274 g/mol. The second-order valence-electron chi connectivity index (χ2n) is 4.25. The maximum Gasteiger partial charge on any atom is 0.272 e. The molecule has 2 heterocycles. The summed E-state index contributed by atoms with van der Waals surface area (Å²) in [6, 6.07) is 0.212. The highest BCUT2D eigenvalue weighted by atomic mass is 32.2.